The number of aromatic nitrogens is 1. The number of amides is 1. The predicted molar refractivity (Wildman–Crippen MR) is 117 cm³/mol. The molecular formula is C23H26N2O3S. The Bertz CT molecular complexity index is 956. The van der Waals surface area contributed by atoms with Gasteiger partial charge in [0.05, 0.1) is 14.2 Å². The fourth-order valence-electron chi connectivity index (χ4n) is 3.05. The lowest BCUT2D eigenvalue weighted by atomic mass is 10.1. The van der Waals surface area contributed by atoms with Crippen LogP contribution in [0.3, 0.4) is 0 Å². The molecule has 6 heteroatoms. The van der Waals surface area contributed by atoms with Crippen molar-refractivity contribution >= 4 is 17.2 Å². The Labute approximate surface area is 175 Å². The molecule has 3 aromatic rings. The number of carbonyl (C=O) groups excluding carboxylic acids is 1. The number of thiazole rings is 1. The summed E-state index contributed by atoms with van der Waals surface area (Å²) in [5.74, 6) is 1.25. The second-order valence-electron chi connectivity index (χ2n) is 6.78. The van der Waals surface area contributed by atoms with Crippen molar-refractivity contribution in [2.45, 2.75) is 32.9 Å². The first-order chi connectivity index (χ1) is 14.1. The lowest BCUT2D eigenvalue weighted by Crippen LogP contribution is -2.38. The van der Waals surface area contributed by atoms with Gasteiger partial charge in [0.25, 0.3) is 5.91 Å². The van der Waals surface area contributed by atoms with Gasteiger partial charge in [-0.15, -0.1) is 11.3 Å². The van der Waals surface area contributed by atoms with Gasteiger partial charge in [-0.05, 0) is 37.1 Å². The lowest BCUT2D eigenvalue weighted by molar-refractivity contribution is 0.0666. The molecule has 152 valence electrons. The van der Waals surface area contributed by atoms with Gasteiger partial charge in [-0.25, -0.2) is 4.98 Å². The summed E-state index contributed by atoms with van der Waals surface area (Å²) >= 11 is 1.45. The highest BCUT2D eigenvalue weighted by Crippen LogP contribution is 2.33. The number of benzene rings is 2. The van der Waals surface area contributed by atoms with Crippen LogP contribution in [0.1, 0.15) is 36.3 Å². The third-order valence-corrected chi connectivity index (χ3v) is 5.82. The highest BCUT2D eigenvalue weighted by atomic mass is 32.1. The van der Waals surface area contributed by atoms with E-state index in [9.17, 15) is 4.79 Å². The maximum Gasteiger partial charge on any atom is 0.273 e. The molecule has 0 bridgehead atoms. The summed E-state index contributed by atoms with van der Waals surface area (Å²) in [6.07, 6.45) is 0.880. The van der Waals surface area contributed by atoms with E-state index < -0.39 is 0 Å². The Hall–Kier alpha value is -2.86. The van der Waals surface area contributed by atoms with E-state index in [2.05, 4.69) is 18.8 Å². The van der Waals surface area contributed by atoms with Crippen LogP contribution in [-0.2, 0) is 6.54 Å². The molecule has 0 fully saturated rings. The molecule has 1 amide bonds. The van der Waals surface area contributed by atoms with Crippen LogP contribution in [0.5, 0.6) is 11.5 Å². The fraction of sp³-hybridized carbons (Fsp3) is 0.304. The average Bonchev–Trinajstić information content (AvgIpc) is 3.27. The van der Waals surface area contributed by atoms with Crippen LogP contribution in [0.4, 0.5) is 0 Å². The van der Waals surface area contributed by atoms with Gasteiger partial charge in [0, 0.05) is 23.5 Å². The Morgan fingerprint density at radius 1 is 1.10 bits per heavy atom. The normalized spacial score (nSPS) is 11.7. The molecule has 1 heterocycles. The maximum absolute atomic E-state index is 13.2. The molecule has 0 aliphatic carbocycles. The summed E-state index contributed by atoms with van der Waals surface area (Å²) in [5.41, 5.74) is 2.47. The van der Waals surface area contributed by atoms with Crippen molar-refractivity contribution in [3.05, 3.63) is 65.2 Å². The van der Waals surface area contributed by atoms with E-state index in [1.165, 1.54) is 11.3 Å². The number of hydrogen-bond acceptors (Lipinski definition) is 5. The van der Waals surface area contributed by atoms with Crippen LogP contribution >= 0.6 is 11.3 Å². The Kier molecular flexibility index (Phi) is 6.88. The van der Waals surface area contributed by atoms with Crippen LogP contribution in [0.25, 0.3) is 10.6 Å². The van der Waals surface area contributed by atoms with Gasteiger partial charge >= 0.3 is 0 Å². The number of methoxy groups -OCH3 is 2. The highest BCUT2D eigenvalue weighted by molar-refractivity contribution is 7.13. The first kappa shape index (κ1) is 20.9. The van der Waals surface area contributed by atoms with Crippen LogP contribution in [-0.4, -0.2) is 36.1 Å². The van der Waals surface area contributed by atoms with Crippen LogP contribution in [0.2, 0.25) is 0 Å². The topological polar surface area (TPSA) is 51.7 Å². The number of rotatable bonds is 8. The first-order valence-electron chi connectivity index (χ1n) is 9.60. The molecule has 0 N–H and O–H groups in total. The van der Waals surface area contributed by atoms with Gasteiger partial charge in [-0.2, -0.15) is 0 Å². The average molecular weight is 411 g/mol. The van der Waals surface area contributed by atoms with E-state index in [1.807, 2.05) is 58.8 Å². The number of nitrogens with zero attached hydrogens (tertiary/aromatic N) is 2. The lowest BCUT2D eigenvalue weighted by Gasteiger charge is -2.28. The second kappa shape index (κ2) is 9.56. The van der Waals surface area contributed by atoms with Crippen molar-refractivity contribution in [1.29, 1.82) is 0 Å². The summed E-state index contributed by atoms with van der Waals surface area (Å²) in [4.78, 5) is 19.8. The van der Waals surface area contributed by atoms with Crippen molar-refractivity contribution in [3.8, 4) is 22.1 Å². The summed E-state index contributed by atoms with van der Waals surface area (Å²) in [6, 6.07) is 15.8. The molecule has 0 aliphatic rings. The monoisotopic (exact) mass is 410 g/mol. The molecule has 0 aliphatic heterocycles. The van der Waals surface area contributed by atoms with Crippen LogP contribution in [0.15, 0.2) is 53.9 Å². The minimum Gasteiger partial charge on any atom is -0.493 e. The van der Waals surface area contributed by atoms with E-state index in [0.717, 1.165) is 22.6 Å². The molecule has 5 nitrogen and oxygen atoms in total. The summed E-state index contributed by atoms with van der Waals surface area (Å²) in [5, 5.41) is 2.60. The number of carbonyl (C=O) groups is 1. The molecule has 0 saturated heterocycles. The zero-order chi connectivity index (χ0) is 20.8. The minimum atomic E-state index is -0.0498. The molecule has 0 spiro atoms. The number of hydrogen-bond donors (Lipinski definition) is 0. The Morgan fingerprint density at radius 2 is 1.83 bits per heavy atom. The molecule has 1 atom stereocenters. The zero-order valence-corrected chi connectivity index (χ0v) is 18.0. The summed E-state index contributed by atoms with van der Waals surface area (Å²) in [6.45, 7) is 4.73. The molecule has 0 unspecified atom stereocenters. The Morgan fingerprint density at radius 3 is 2.48 bits per heavy atom. The standard InChI is InChI=1S/C23H26N2O3S/c1-5-16(2)25(14-17-9-7-6-8-10-17)23(26)19-15-29-22(24-19)18-11-12-20(27-3)21(13-18)28-4/h6-13,15-16H,5,14H2,1-4H3/t16-/m0/s1. The molecule has 1 aromatic heterocycles. The van der Waals surface area contributed by atoms with Crippen LogP contribution < -0.4 is 9.47 Å². The van der Waals surface area contributed by atoms with Crippen LogP contribution in [0, 0.1) is 0 Å². The van der Waals surface area contributed by atoms with Gasteiger partial charge in [-0.1, -0.05) is 37.3 Å². The van der Waals surface area contributed by atoms with E-state index in [4.69, 9.17) is 9.47 Å². The van der Waals surface area contributed by atoms with Crippen molar-refractivity contribution in [1.82, 2.24) is 9.88 Å². The van der Waals surface area contributed by atoms with Gasteiger partial charge in [0.15, 0.2) is 11.5 Å². The molecule has 0 saturated carbocycles. The second-order valence-corrected chi connectivity index (χ2v) is 7.64. The molecular weight excluding hydrogens is 384 g/mol. The van der Waals surface area contributed by atoms with Gasteiger partial charge in [0.1, 0.15) is 10.7 Å². The van der Waals surface area contributed by atoms with Crippen molar-refractivity contribution in [2.24, 2.45) is 0 Å². The molecule has 3 rings (SSSR count). The fourth-order valence-corrected chi connectivity index (χ4v) is 3.84. The quantitative estimate of drug-likeness (QED) is 0.508. The largest absolute Gasteiger partial charge is 0.493 e. The molecule has 2 aromatic carbocycles. The van der Waals surface area contributed by atoms with Gasteiger partial charge in [-0.3, -0.25) is 4.79 Å². The van der Waals surface area contributed by atoms with Crippen molar-refractivity contribution in [2.75, 3.05) is 14.2 Å². The van der Waals surface area contributed by atoms with E-state index in [-0.39, 0.29) is 11.9 Å². The molecule has 29 heavy (non-hydrogen) atoms. The predicted octanol–water partition coefficient (Wildman–Crippen LogP) is 5.27. The highest BCUT2D eigenvalue weighted by Gasteiger charge is 2.23. The summed E-state index contributed by atoms with van der Waals surface area (Å²) < 4.78 is 10.7. The van der Waals surface area contributed by atoms with E-state index >= 15 is 0 Å². The molecule has 0 radical (unpaired) electrons. The minimum absolute atomic E-state index is 0.0498. The van der Waals surface area contributed by atoms with E-state index in [1.54, 1.807) is 14.2 Å². The smallest absolute Gasteiger partial charge is 0.273 e. The first-order valence-corrected chi connectivity index (χ1v) is 10.5. The third-order valence-electron chi connectivity index (χ3n) is 4.93. The van der Waals surface area contributed by atoms with Gasteiger partial charge < -0.3 is 14.4 Å². The van der Waals surface area contributed by atoms with Crippen molar-refractivity contribution < 1.29 is 14.3 Å². The Balaban J connectivity index is 1.86. The van der Waals surface area contributed by atoms with Crippen molar-refractivity contribution in [3.63, 3.8) is 0 Å². The van der Waals surface area contributed by atoms with E-state index in [0.29, 0.717) is 23.7 Å². The number of ether oxygens (including phenoxy) is 2. The third kappa shape index (κ3) is 4.77. The summed E-state index contributed by atoms with van der Waals surface area (Å²) in [7, 11) is 3.21. The zero-order valence-electron chi connectivity index (χ0n) is 17.2. The maximum atomic E-state index is 13.2. The van der Waals surface area contributed by atoms with Gasteiger partial charge in [0.2, 0.25) is 0 Å². The SMILES string of the molecule is CC[C@H](C)N(Cc1ccccc1)C(=O)c1csc(-c2ccc(OC)c(OC)c2)n1.